The van der Waals surface area contributed by atoms with Gasteiger partial charge in [-0.3, -0.25) is 0 Å². The Balaban J connectivity index is 1.81. The molecule has 0 saturated heterocycles. The zero-order valence-electron chi connectivity index (χ0n) is 11.2. The van der Waals surface area contributed by atoms with E-state index in [-0.39, 0.29) is 11.9 Å². The molecule has 0 bridgehead atoms. The fourth-order valence-electron chi connectivity index (χ4n) is 2.25. The van der Waals surface area contributed by atoms with Crippen LogP contribution in [0.2, 0.25) is 0 Å². The van der Waals surface area contributed by atoms with Gasteiger partial charge in [-0.2, -0.15) is 0 Å². The largest absolute Gasteiger partial charge is 0.385 e. The standard InChI is InChI=1S/C15H22FNO/c1-12(13-3-5-14(16)6-4-13)17-11-15(7-8-15)9-10-18-2/h3-6,12,17H,7-11H2,1-2H3. The smallest absolute Gasteiger partial charge is 0.123 e. The van der Waals surface area contributed by atoms with Gasteiger partial charge in [-0.1, -0.05) is 12.1 Å². The fraction of sp³-hybridized carbons (Fsp3) is 0.600. The molecule has 1 aliphatic carbocycles. The molecule has 1 aromatic carbocycles. The molecular weight excluding hydrogens is 229 g/mol. The molecule has 0 spiro atoms. The maximum atomic E-state index is 12.8. The molecule has 0 amide bonds. The quantitative estimate of drug-likeness (QED) is 0.803. The van der Waals surface area contributed by atoms with Gasteiger partial charge in [0.25, 0.3) is 0 Å². The Hall–Kier alpha value is -0.930. The Morgan fingerprint density at radius 1 is 1.33 bits per heavy atom. The molecule has 0 aromatic heterocycles. The highest BCUT2D eigenvalue weighted by Crippen LogP contribution is 2.48. The van der Waals surface area contributed by atoms with Crippen molar-refractivity contribution in [3.63, 3.8) is 0 Å². The molecule has 0 aliphatic heterocycles. The summed E-state index contributed by atoms with van der Waals surface area (Å²) in [5, 5.41) is 3.55. The van der Waals surface area contributed by atoms with Crippen molar-refractivity contribution in [3.8, 4) is 0 Å². The first kappa shape index (κ1) is 13.5. The molecule has 1 N–H and O–H groups in total. The minimum absolute atomic E-state index is 0.176. The van der Waals surface area contributed by atoms with Crippen LogP contribution in [0.3, 0.4) is 0 Å². The second-order valence-electron chi connectivity index (χ2n) is 5.40. The summed E-state index contributed by atoms with van der Waals surface area (Å²) in [4.78, 5) is 0. The first-order chi connectivity index (χ1) is 8.65. The molecule has 1 aliphatic rings. The average Bonchev–Trinajstić information content (AvgIpc) is 3.15. The molecule has 2 nitrogen and oxygen atoms in total. The third-order valence-electron chi connectivity index (χ3n) is 3.95. The number of methoxy groups -OCH3 is 1. The summed E-state index contributed by atoms with van der Waals surface area (Å²) in [6.07, 6.45) is 3.71. The highest BCUT2D eigenvalue weighted by Gasteiger charge is 2.41. The molecule has 1 unspecified atom stereocenters. The van der Waals surface area contributed by atoms with E-state index in [1.165, 1.54) is 25.0 Å². The van der Waals surface area contributed by atoms with Gasteiger partial charge in [-0.25, -0.2) is 4.39 Å². The van der Waals surface area contributed by atoms with Crippen LogP contribution >= 0.6 is 0 Å². The van der Waals surface area contributed by atoms with Crippen LogP contribution in [0.1, 0.15) is 37.8 Å². The van der Waals surface area contributed by atoms with E-state index in [1.807, 2.05) is 12.1 Å². The summed E-state index contributed by atoms with van der Waals surface area (Å²) in [6.45, 7) is 3.99. The second-order valence-corrected chi connectivity index (χ2v) is 5.40. The van der Waals surface area contributed by atoms with Crippen LogP contribution in [0.4, 0.5) is 4.39 Å². The van der Waals surface area contributed by atoms with Crippen LogP contribution in [0, 0.1) is 11.2 Å². The van der Waals surface area contributed by atoms with Crippen LogP contribution in [0.25, 0.3) is 0 Å². The first-order valence-electron chi connectivity index (χ1n) is 6.63. The molecule has 18 heavy (non-hydrogen) atoms. The zero-order valence-corrected chi connectivity index (χ0v) is 11.2. The van der Waals surface area contributed by atoms with E-state index in [4.69, 9.17) is 4.74 Å². The second kappa shape index (κ2) is 5.81. The highest BCUT2D eigenvalue weighted by atomic mass is 19.1. The van der Waals surface area contributed by atoms with Gasteiger partial charge in [0, 0.05) is 26.3 Å². The third kappa shape index (κ3) is 3.53. The van der Waals surface area contributed by atoms with Gasteiger partial charge in [-0.05, 0) is 49.3 Å². The van der Waals surface area contributed by atoms with Gasteiger partial charge in [0.05, 0.1) is 0 Å². The Morgan fingerprint density at radius 2 is 2.00 bits per heavy atom. The van der Waals surface area contributed by atoms with Crippen molar-refractivity contribution in [2.45, 2.75) is 32.2 Å². The lowest BCUT2D eigenvalue weighted by Gasteiger charge is -2.20. The van der Waals surface area contributed by atoms with E-state index in [0.29, 0.717) is 5.41 Å². The summed E-state index contributed by atoms with van der Waals surface area (Å²) in [7, 11) is 1.75. The van der Waals surface area contributed by atoms with Gasteiger partial charge in [-0.15, -0.1) is 0 Å². The van der Waals surface area contributed by atoms with Gasteiger partial charge < -0.3 is 10.1 Å². The molecule has 1 fully saturated rings. The van der Waals surface area contributed by atoms with Crippen LogP contribution in [-0.4, -0.2) is 20.3 Å². The van der Waals surface area contributed by atoms with Crippen molar-refractivity contribution in [1.82, 2.24) is 5.32 Å². The van der Waals surface area contributed by atoms with E-state index in [1.54, 1.807) is 7.11 Å². The van der Waals surface area contributed by atoms with E-state index in [9.17, 15) is 4.39 Å². The van der Waals surface area contributed by atoms with E-state index < -0.39 is 0 Å². The summed E-state index contributed by atoms with van der Waals surface area (Å²) in [5.41, 5.74) is 1.59. The van der Waals surface area contributed by atoms with Crippen molar-refractivity contribution in [3.05, 3.63) is 35.6 Å². The van der Waals surface area contributed by atoms with Gasteiger partial charge >= 0.3 is 0 Å². The van der Waals surface area contributed by atoms with Crippen LogP contribution in [0.15, 0.2) is 24.3 Å². The van der Waals surface area contributed by atoms with Crippen molar-refractivity contribution in [1.29, 1.82) is 0 Å². The summed E-state index contributed by atoms with van der Waals surface area (Å²) >= 11 is 0. The van der Waals surface area contributed by atoms with Crippen molar-refractivity contribution < 1.29 is 9.13 Å². The molecule has 1 aromatic rings. The third-order valence-corrected chi connectivity index (χ3v) is 3.95. The van der Waals surface area contributed by atoms with Gasteiger partial charge in [0.1, 0.15) is 5.82 Å². The number of rotatable bonds is 7. The molecule has 2 rings (SSSR count). The zero-order chi connectivity index (χ0) is 13.0. The van der Waals surface area contributed by atoms with Crippen molar-refractivity contribution >= 4 is 0 Å². The van der Waals surface area contributed by atoms with Crippen molar-refractivity contribution in [2.24, 2.45) is 5.41 Å². The predicted octanol–water partition coefficient (Wildman–Crippen LogP) is 3.29. The van der Waals surface area contributed by atoms with E-state index in [2.05, 4.69) is 12.2 Å². The maximum Gasteiger partial charge on any atom is 0.123 e. The van der Waals surface area contributed by atoms with Crippen LogP contribution in [-0.2, 0) is 4.74 Å². The predicted molar refractivity (Wildman–Crippen MR) is 71.0 cm³/mol. The summed E-state index contributed by atoms with van der Waals surface area (Å²) in [6, 6.07) is 7.01. The lowest BCUT2D eigenvalue weighted by Crippen LogP contribution is -2.27. The molecule has 100 valence electrons. The minimum atomic E-state index is -0.176. The van der Waals surface area contributed by atoms with Crippen LogP contribution < -0.4 is 5.32 Å². The Kier molecular flexibility index (Phi) is 4.36. The lowest BCUT2D eigenvalue weighted by molar-refractivity contribution is 0.170. The molecule has 0 heterocycles. The fourth-order valence-corrected chi connectivity index (χ4v) is 2.25. The maximum absolute atomic E-state index is 12.8. The SMILES string of the molecule is COCCC1(CNC(C)c2ccc(F)cc2)CC1. The average molecular weight is 251 g/mol. The first-order valence-corrected chi connectivity index (χ1v) is 6.63. The molecular formula is C15H22FNO. The molecule has 1 saturated carbocycles. The Morgan fingerprint density at radius 3 is 2.56 bits per heavy atom. The number of halogens is 1. The highest BCUT2D eigenvalue weighted by molar-refractivity contribution is 5.19. The Labute approximate surface area is 109 Å². The molecule has 0 radical (unpaired) electrons. The minimum Gasteiger partial charge on any atom is -0.385 e. The number of hydrogen-bond donors (Lipinski definition) is 1. The van der Waals surface area contributed by atoms with Crippen LogP contribution in [0.5, 0.6) is 0 Å². The van der Waals surface area contributed by atoms with Gasteiger partial charge in [0.15, 0.2) is 0 Å². The number of hydrogen-bond acceptors (Lipinski definition) is 2. The van der Waals surface area contributed by atoms with Crippen molar-refractivity contribution in [2.75, 3.05) is 20.3 Å². The summed E-state index contributed by atoms with van der Waals surface area (Å²) < 4.78 is 18.0. The lowest BCUT2D eigenvalue weighted by atomic mass is 10.0. The monoisotopic (exact) mass is 251 g/mol. The van der Waals surface area contributed by atoms with E-state index >= 15 is 0 Å². The van der Waals surface area contributed by atoms with E-state index in [0.717, 1.165) is 25.1 Å². The Bertz CT molecular complexity index is 373. The van der Waals surface area contributed by atoms with Gasteiger partial charge in [0.2, 0.25) is 0 Å². The number of ether oxygens (including phenoxy) is 1. The summed E-state index contributed by atoms with van der Waals surface area (Å²) in [5.74, 6) is -0.176. The topological polar surface area (TPSA) is 21.3 Å². The number of nitrogens with one attached hydrogen (secondary N) is 1. The molecule has 1 atom stereocenters. The number of benzene rings is 1. The molecule has 3 heteroatoms. The normalized spacial score (nSPS) is 18.6.